The third-order valence-corrected chi connectivity index (χ3v) is 6.14. The molecule has 1 amide bonds. The van der Waals surface area contributed by atoms with Crippen molar-refractivity contribution in [2.75, 3.05) is 11.9 Å². The first-order chi connectivity index (χ1) is 13.5. The van der Waals surface area contributed by atoms with Crippen LogP contribution in [0.2, 0.25) is 5.02 Å². The molecule has 0 spiro atoms. The molecule has 0 aromatic carbocycles. The second-order valence-electron chi connectivity index (χ2n) is 6.71. The third kappa shape index (κ3) is 3.77. The van der Waals surface area contributed by atoms with Crippen LogP contribution in [-0.2, 0) is 28.8 Å². The van der Waals surface area contributed by atoms with Crippen molar-refractivity contribution in [2.24, 2.45) is 0 Å². The predicted octanol–water partition coefficient (Wildman–Crippen LogP) is 4.29. The van der Waals surface area contributed by atoms with Gasteiger partial charge in [-0.25, -0.2) is 9.78 Å². The number of esters is 1. The van der Waals surface area contributed by atoms with E-state index in [1.807, 2.05) is 0 Å². The monoisotopic (exact) mass is 417 g/mol. The number of fused-ring (bicyclic) bond motifs is 2. The molecule has 3 heterocycles. The van der Waals surface area contributed by atoms with Crippen LogP contribution < -0.4 is 5.32 Å². The van der Waals surface area contributed by atoms with Crippen LogP contribution in [0.25, 0.3) is 5.65 Å². The van der Waals surface area contributed by atoms with E-state index in [0.29, 0.717) is 27.9 Å². The largest absolute Gasteiger partial charge is 0.462 e. The van der Waals surface area contributed by atoms with E-state index in [2.05, 4.69) is 10.3 Å². The van der Waals surface area contributed by atoms with Crippen molar-refractivity contribution in [3.63, 3.8) is 0 Å². The zero-order valence-corrected chi connectivity index (χ0v) is 17.0. The maximum absolute atomic E-state index is 12.6. The number of aromatic nitrogens is 2. The second-order valence-corrected chi connectivity index (χ2v) is 8.25. The quantitative estimate of drug-likeness (QED) is 0.628. The minimum atomic E-state index is -0.362. The Kier molecular flexibility index (Phi) is 5.37. The van der Waals surface area contributed by atoms with Crippen LogP contribution in [0.15, 0.2) is 24.5 Å². The van der Waals surface area contributed by atoms with E-state index >= 15 is 0 Å². The number of thiophene rings is 1. The number of amides is 1. The fraction of sp³-hybridized carbons (Fsp3) is 0.350. The molecule has 0 bridgehead atoms. The summed E-state index contributed by atoms with van der Waals surface area (Å²) < 4.78 is 7.02. The Labute approximate surface area is 171 Å². The molecule has 0 fully saturated rings. The molecule has 6 nitrogen and oxygen atoms in total. The number of nitrogens with one attached hydrogen (secondary N) is 1. The lowest BCUT2D eigenvalue weighted by Crippen LogP contribution is -2.17. The van der Waals surface area contributed by atoms with Gasteiger partial charge >= 0.3 is 5.97 Å². The van der Waals surface area contributed by atoms with Crippen molar-refractivity contribution in [2.45, 2.75) is 39.0 Å². The van der Waals surface area contributed by atoms with Gasteiger partial charge in [0.1, 0.15) is 10.6 Å². The highest BCUT2D eigenvalue weighted by Crippen LogP contribution is 2.38. The molecule has 146 valence electrons. The smallest absolute Gasteiger partial charge is 0.341 e. The predicted molar refractivity (Wildman–Crippen MR) is 109 cm³/mol. The summed E-state index contributed by atoms with van der Waals surface area (Å²) in [6.45, 7) is 2.09. The molecule has 0 saturated heterocycles. The molecule has 0 aliphatic heterocycles. The molecule has 3 aromatic heterocycles. The van der Waals surface area contributed by atoms with E-state index in [-0.39, 0.29) is 18.3 Å². The van der Waals surface area contributed by atoms with Crippen molar-refractivity contribution in [3.8, 4) is 0 Å². The number of pyridine rings is 1. The molecule has 4 rings (SSSR count). The number of carbonyl (C=O) groups is 2. The second kappa shape index (κ2) is 7.93. The van der Waals surface area contributed by atoms with Crippen LogP contribution in [-0.4, -0.2) is 27.9 Å². The Balaban J connectivity index is 1.56. The molecule has 28 heavy (non-hydrogen) atoms. The summed E-state index contributed by atoms with van der Waals surface area (Å²) in [7, 11) is 0. The van der Waals surface area contributed by atoms with Crippen molar-refractivity contribution >= 4 is 45.5 Å². The van der Waals surface area contributed by atoms with Crippen molar-refractivity contribution < 1.29 is 14.3 Å². The minimum Gasteiger partial charge on any atom is -0.462 e. The van der Waals surface area contributed by atoms with Crippen LogP contribution in [0.4, 0.5) is 5.00 Å². The number of hydrogen-bond acceptors (Lipinski definition) is 5. The van der Waals surface area contributed by atoms with Gasteiger partial charge in [-0.05, 0) is 50.3 Å². The first-order valence-electron chi connectivity index (χ1n) is 9.29. The summed E-state index contributed by atoms with van der Waals surface area (Å²) >= 11 is 7.48. The van der Waals surface area contributed by atoms with E-state index in [9.17, 15) is 9.59 Å². The van der Waals surface area contributed by atoms with Crippen molar-refractivity contribution in [1.29, 1.82) is 0 Å². The number of aryl methyl sites for hydroxylation is 1. The highest BCUT2D eigenvalue weighted by Gasteiger charge is 2.27. The number of rotatable bonds is 5. The van der Waals surface area contributed by atoms with Gasteiger partial charge in [-0.3, -0.25) is 4.79 Å². The molecule has 8 heteroatoms. The molecule has 1 aliphatic carbocycles. The number of imidazole rings is 1. The number of hydrogen-bond donors (Lipinski definition) is 1. The van der Waals surface area contributed by atoms with Gasteiger partial charge in [0.2, 0.25) is 5.91 Å². The van der Waals surface area contributed by atoms with E-state index in [1.54, 1.807) is 35.9 Å². The first-order valence-corrected chi connectivity index (χ1v) is 10.5. The maximum Gasteiger partial charge on any atom is 0.341 e. The average molecular weight is 418 g/mol. The van der Waals surface area contributed by atoms with Gasteiger partial charge in [0.15, 0.2) is 0 Å². The summed E-state index contributed by atoms with van der Waals surface area (Å²) in [5, 5.41) is 4.10. The van der Waals surface area contributed by atoms with E-state index < -0.39 is 0 Å². The Hall–Kier alpha value is -2.38. The standard InChI is InChI=1S/C20H20ClN3O3S/c1-2-27-20(26)18-14-5-3-4-6-15(14)28-19(18)23-17(25)9-13-11-24-10-12(21)7-8-16(24)22-13/h7-8,10-11H,2-6,9H2,1H3,(H,23,25). The third-order valence-electron chi connectivity index (χ3n) is 4.71. The molecule has 0 unspecified atom stereocenters. The zero-order chi connectivity index (χ0) is 19.7. The summed E-state index contributed by atoms with van der Waals surface area (Å²) in [5.74, 6) is -0.571. The highest BCUT2D eigenvalue weighted by atomic mass is 35.5. The first kappa shape index (κ1) is 19.0. The number of anilines is 1. The lowest BCUT2D eigenvalue weighted by molar-refractivity contribution is -0.115. The van der Waals surface area contributed by atoms with E-state index in [0.717, 1.165) is 36.9 Å². The van der Waals surface area contributed by atoms with E-state index in [1.165, 1.54) is 16.2 Å². The fourth-order valence-electron chi connectivity index (χ4n) is 3.51. The van der Waals surface area contributed by atoms with Gasteiger partial charge in [0, 0.05) is 17.3 Å². The number of halogens is 1. The summed E-state index contributed by atoms with van der Waals surface area (Å²) in [4.78, 5) is 30.7. The molecular weight excluding hydrogens is 398 g/mol. The topological polar surface area (TPSA) is 72.7 Å². The van der Waals surface area contributed by atoms with Crippen LogP contribution in [0.5, 0.6) is 0 Å². The number of carbonyl (C=O) groups excluding carboxylic acids is 2. The van der Waals surface area contributed by atoms with Gasteiger partial charge in [-0.1, -0.05) is 11.6 Å². The SMILES string of the molecule is CCOC(=O)c1c(NC(=O)Cc2cn3cc(Cl)ccc3n2)sc2c1CCCC2. The van der Waals surface area contributed by atoms with Crippen molar-refractivity contribution in [1.82, 2.24) is 9.38 Å². The maximum atomic E-state index is 12.6. The van der Waals surface area contributed by atoms with E-state index in [4.69, 9.17) is 16.3 Å². The van der Waals surface area contributed by atoms with Crippen molar-refractivity contribution in [3.05, 3.63) is 51.2 Å². The molecule has 0 radical (unpaired) electrons. The molecule has 3 aromatic rings. The summed E-state index contributed by atoms with van der Waals surface area (Å²) in [5.41, 5.74) is 2.92. The molecule has 0 saturated carbocycles. The van der Waals surface area contributed by atoms with Crippen LogP contribution >= 0.6 is 22.9 Å². The lowest BCUT2D eigenvalue weighted by Gasteiger charge is -2.12. The van der Waals surface area contributed by atoms with Crippen LogP contribution in [0.3, 0.4) is 0 Å². The Bertz CT molecular complexity index is 1060. The Morgan fingerprint density at radius 2 is 2.11 bits per heavy atom. The van der Waals surface area contributed by atoms with Gasteiger partial charge in [0.25, 0.3) is 0 Å². The summed E-state index contributed by atoms with van der Waals surface area (Å²) in [6.07, 6.45) is 7.59. The molecule has 0 atom stereocenters. The zero-order valence-electron chi connectivity index (χ0n) is 15.5. The van der Waals surface area contributed by atoms with Gasteiger partial charge < -0.3 is 14.5 Å². The normalized spacial score (nSPS) is 13.4. The number of nitrogens with zero attached hydrogens (tertiary/aromatic N) is 2. The lowest BCUT2D eigenvalue weighted by atomic mass is 9.95. The highest BCUT2D eigenvalue weighted by molar-refractivity contribution is 7.17. The van der Waals surface area contributed by atoms with Gasteiger partial charge in [-0.15, -0.1) is 11.3 Å². The summed E-state index contributed by atoms with van der Waals surface area (Å²) in [6, 6.07) is 3.56. The van der Waals surface area contributed by atoms with Crippen LogP contribution in [0.1, 0.15) is 46.3 Å². The molecular formula is C20H20ClN3O3S. The minimum absolute atomic E-state index is 0.115. The fourth-order valence-corrected chi connectivity index (χ4v) is 4.97. The number of ether oxygens (including phenoxy) is 1. The Morgan fingerprint density at radius 1 is 1.29 bits per heavy atom. The van der Waals surface area contributed by atoms with Crippen LogP contribution in [0, 0.1) is 0 Å². The molecule has 1 N–H and O–H groups in total. The van der Waals surface area contributed by atoms with Gasteiger partial charge in [-0.2, -0.15) is 0 Å². The molecule has 1 aliphatic rings. The van der Waals surface area contributed by atoms with Gasteiger partial charge in [0.05, 0.1) is 29.3 Å². The average Bonchev–Trinajstić information content (AvgIpc) is 3.21. The Morgan fingerprint density at radius 3 is 2.93 bits per heavy atom.